The van der Waals surface area contributed by atoms with Gasteiger partial charge in [0.15, 0.2) is 0 Å². The van der Waals surface area contributed by atoms with Gasteiger partial charge in [0.1, 0.15) is 5.75 Å². The highest BCUT2D eigenvalue weighted by atomic mass is 16.5. The highest BCUT2D eigenvalue weighted by Crippen LogP contribution is 2.28. The minimum absolute atomic E-state index is 0.336. The Hall–Kier alpha value is -1.06. The molecular formula is C18H30N2O. The highest BCUT2D eigenvalue weighted by Gasteiger charge is 2.23. The normalized spacial score (nSPS) is 17.3. The molecule has 3 nitrogen and oxygen atoms in total. The van der Waals surface area contributed by atoms with Crippen LogP contribution in [0.25, 0.3) is 0 Å². The van der Waals surface area contributed by atoms with Gasteiger partial charge in [-0.1, -0.05) is 38.0 Å². The highest BCUT2D eigenvalue weighted by molar-refractivity contribution is 5.36. The van der Waals surface area contributed by atoms with Crippen molar-refractivity contribution in [1.82, 2.24) is 10.2 Å². The molecule has 0 aromatic heterocycles. The van der Waals surface area contributed by atoms with Crippen LogP contribution < -0.4 is 10.1 Å². The minimum Gasteiger partial charge on any atom is -0.494 e. The Morgan fingerprint density at radius 1 is 1.24 bits per heavy atom. The molecule has 1 unspecified atom stereocenters. The third kappa shape index (κ3) is 4.45. The van der Waals surface area contributed by atoms with Gasteiger partial charge in [-0.15, -0.1) is 0 Å². The number of nitrogens with zero attached hydrogens (tertiary/aromatic N) is 1. The van der Waals surface area contributed by atoms with E-state index in [-0.39, 0.29) is 0 Å². The van der Waals surface area contributed by atoms with Gasteiger partial charge in [-0.05, 0) is 39.4 Å². The van der Waals surface area contributed by atoms with E-state index in [4.69, 9.17) is 4.74 Å². The molecule has 1 aliphatic carbocycles. The maximum absolute atomic E-state index is 5.81. The molecule has 1 aromatic rings. The smallest absolute Gasteiger partial charge is 0.124 e. The van der Waals surface area contributed by atoms with Crippen LogP contribution >= 0.6 is 0 Å². The quantitative estimate of drug-likeness (QED) is 0.791. The molecule has 3 heteroatoms. The molecule has 1 N–H and O–H groups in total. The molecule has 0 bridgehead atoms. The first-order valence-corrected chi connectivity index (χ1v) is 8.41. The molecule has 0 radical (unpaired) electrons. The fraction of sp³-hybridized carbons (Fsp3) is 0.667. The maximum Gasteiger partial charge on any atom is 0.124 e. The first kappa shape index (κ1) is 16.3. The van der Waals surface area contributed by atoms with E-state index in [1.165, 1.54) is 31.2 Å². The molecule has 0 saturated heterocycles. The molecule has 1 fully saturated rings. The van der Waals surface area contributed by atoms with Crippen molar-refractivity contribution in [2.75, 3.05) is 26.7 Å². The van der Waals surface area contributed by atoms with Crippen molar-refractivity contribution >= 4 is 0 Å². The van der Waals surface area contributed by atoms with Crippen LogP contribution in [0.4, 0.5) is 0 Å². The Balaban J connectivity index is 2.10. The Morgan fingerprint density at radius 3 is 2.62 bits per heavy atom. The Kier molecular flexibility index (Phi) is 6.52. The van der Waals surface area contributed by atoms with E-state index in [1.54, 1.807) is 0 Å². The minimum atomic E-state index is 0.336. The predicted molar refractivity (Wildman–Crippen MR) is 88.9 cm³/mol. The molecule has 0 aliphatic heterocycles. The molecule has 0 heterocycles. The van der Waals surface area contributed by atoms with E-state index >= 15 is 0 Å². The van der Waals surface area contributed by atoms with Gasteiger partial charge in [-0.3, -0.25) is 0 Å². The molecule has 1 aromatic carbocycles. The molecular weight excluding hydrogens is 260 g/mol. The fourth-order valence-electron chi connectivity index (χ4n) is 3.36. The van der Waals surface area contributed by atoms with Gasteiger partial charge in [-0.25, -0.2) is 0 Å². The first-order chi connectivity index (χ1) is 10.3. The van der Waals surface area contributed by atoms with Gasteiger partial charge >= 0.3 is 0 Å². The lowest BCUT2D eigenvalue weighted by Gasteiger charge is -2.30. The summed E-state index contributed by atoms with van der Waals surface area (Å²) in [6, 6.07) is 9.53. The number of benzene rings is 1. The number of hydrogen-bond acceptors (Lipinski definition) is 3. The monoisotopic (exact) mass is 290 g/mol. The van der Waals surface area contributed by atoms with Crippen LogP contribution in [0.1, 0.15) is 51.1 Å². The molecule has 1 atom stereocenters. The maximum atomic E-state index is 5.81. The zero-order chi connectivity index (χ0) is 15.1. The largest absolute Gasteiger partial charge is 0.494 e. The second-order valence-electron chi connectivity index (χ2n) is 5.96. The van der Waals surface area contributed by atoms with Crippen molar-refractivity contribution in [1.29, 1.82) is 0 Å². The summed E-state index contributed by atoms with van der Waals surface area (Å²) in [5.41, 5.74) is 1.28. The zero-order valence-corrected chi connectivity index (χ0v) is 13.8. The average molecular weight is 290 g/mol. The molecule has 118 valence electrons. The van der Waals surface area contributed by atoms with E-state index in [0.29, 0.717) is 12.6 Å². The fourth-order valence-corrected chi connectivity index (χ4v) is 3.36. The summed E-state index contributed by atoms with van der Waals surface area (Å²) in [4.78, 5) is 2.53. The Morgan fingerprint density at radius 2 is 1.95 bits per heavy atom. The van der Waals surface area contributed by atoms with Crippen LogP contribution in [-0.4, -0.2) is 37.7 Å². The molecule has 21 heavy (non-hydrogen) atoms. The molecule has 0 spiro atoms. The van der Waals surface area contributed by atoms with Crippen LogP contribution in [0.3, 0.4) is 0 Å². The lowest BCUT2D eigenvalue weighted by Crippen LogP contribution is -2.38. The standard InChI is InChI=1S/C18H30N2O/c1-4-19-17(14-20(3)15-10-6-7-11-15)16-12-8-9-13-18(16)21-5-2/h8-9,12-13,15,17,19H,4-7,10-11,14H2,1-3H3. The van der Waals surface area contributed by atoms with Crippen molar-refractivity contribution < 1.29 is 4.74 Å². The van der Waals surface area contributed by atoms with E-state index in [0.717, 1.165) is 24.9 Å². The van der Waals surface area contributed by atoms with Crippen molar-refractivity contribution in [2.24, 2.45) is 0 Å². The van der Waals surface area contributed by atoms with Gasteiger partial charge in [0.25, 0.3) is 0 Å². The average Bonchev–Trinajstić information content (AvgIpc) is 3.02. The van der Waals surface area contributed by atoms with Crippen molar-refractivity contribution in [3.63, 3.8) is 0 Å². The Bertz CT molecular complexity index is 415. The number of para-hydroxylation sites is 1. The summed E-state index contributed by atoms with van der Waals surface area (Å²) >= 11 is 0. The van der Waals surface area contributed by atoms with Crippen LogP contribution in [-0.2, 0) is 0 Å². The lowest BCUT2D eigenvalue weighted by molar-refractivity contribution is 0.217. The first-order valence-electron chi connectivity index (χ1n) is 8.41. The van der Waals surface area contributed by atoms with Gasteiger partial charge in [0.05, 0.1) is 6.61 Å². The van der Waals surface area contributed by atoms with Crippen LogP contribution in [0.15, 0.2) is 24.3 Å². The van der Waals surface area contributed by atoms with E-state index in [2.05, 4.69) is 48.5 Å². The summed E-state index contributed by atoms with van der Waals surface area (Å²) < 4.78 is 5.81. The topological polar surface area (TPSA) is 24.5 Å². The summed E-state index contributed by atoms with van der Waals surface area (Å²) in [5.74, 6) is 1.02. The number of nitrogens with one attached hydrogen (secondary N) is 1. The van der Waals surface area contributed by atoms with E-state index in [1.807, 2.05) is 6.92 Å². The number of rotatable bonds is 8. The second kappa shape index (κ2) is 8.40. The summed E-state index contributed by atoms with van der Waals surface area (Å²) in [6.45, 7) is 6.95. The number of hydrogen-bond donors (Lipinski definition) is 1. The third-order valence-electron chi connectivity index (χ3n) is 4.46. The zero-order valence-electron chi connectivity index (χ0n) is 13.8. The van der Waals surface area contributed by atoms with Crippen molar-refractivity contribution in [3.05, 3.63) is 29.8 Å². The van der Waals surface area contributed by atoms with Gasteiger partial charge in [-0.2, -0.15) is 0 Å². The predicted octanol–water partition coefficient (Wildman–Crippen LogP) is 3.61. The van der Waals surface area contributed by atoms with Gasteiger partial charge in [0.2, 0.25) is 0 Å². The van der Waals surface area contributed by atoms with Crippen molar-refractivity contribution in [2.45, 2.75) is 51.6 Å². The third-order valence-corrected chi connectivity index (χ3v) is 4.46. The van der Waals surface area contributed by atoms with Crippen molar-refractivity contribution in [3.8, 4) is 5.75 Å². The summed E-state index contributed by atoms with van der Waals surface area (Å²) in [7, 11) is 2.27. The van der Waals surface area contributed by atoms with E-state index in [9.17, 15) is 0 Å². The lowest BCUT2D eigenvalue weighted by atomic mass is 10.0. The molecule has 1 aliphatic rings. The van der Waals surface area contributed by atoms with Crippen LogP contribution in [0.2, 0.25) is 0 Å². The SMILES string of the molecule is CCNC(CN(C)C1CCCC1)c1ccccc1OCC. The number of likely N-dealkylation sites (N-methyl/N-ethyl adjacent to an activating group) is 2. The van der Waals surface area contributed by atoms with E-state index < -0.39 is 0 Å². The van der Waals surface area contributed by atoms with Gasteiger partial charge < -0.3 is 15.0 Å². The van der Waals surface area contributed by atoms with Gasteiger partial charge in [0, 0.05) is 24.2 Å². The van der Waals surface area contributed by atoms with Crippen LogP contribution in [0.5, 0.6) is 5.75 Å². The number of ether oxygens (including phenoxy) is 1. The summed E-state index contributed by atoms with van der Waals surface area (Å²) in [6.07, 6.45) is 5.47. The molecule has 1 saturated carbocycles. The molecule has 2 rings (SSSR count). The second-order valence-corrected chi connectivity index (χ2v) is 5.96. The Labute approximate surface area is 129 Å². The summed E-state index contributed by atoms with van der Waals surface area (Å²) in [5, 5.41) is 3.63. The molecule has 0 amide bonds. The van der Waals surface area contributed by atoms with Crippen LogP contribution in [0, 0.1) is 0 Å².